The van der Waals surface area contributed by atoms with Crippen LogP contribution in [0.25, 0.3) is 76.8 Å². The third kappa shape index (κ3) is 4.45. The van der Waals surface area contributed by atoms with E-state index in [-0.39, 0.29) is 0 Å². The Morgan fingerprint density at radius 2 is 0.824 bits per heavy atom. The van der Waals surface area contributed by atoms with Gasteiger partial charge in [-0.3, -0.25) is 0 Å². The van der Waals surface area contributed by atoms with Crippen LogP contribution in [-0.2, 0) is 6.42 Å². The van der Waals surface area contributed by atoms with E-state index in [4.69, 9.17) is 0 Å². The van der Waals surface area contributed by atoms with Gasteiger partial charge in [0.1, 0.15) is 0 Å². The van der Waals surface area contributed by atoms with Crippen molar-refractivity contribution in [2.24, 2.45) is 0 Å². The van der Waals surface area contributed by atoms with Crippen LogP contribution in [0.4, 0.5) is 0 Å². The smallest absolute Gasteiger partial charge is 0.00132 e. The van der Waals surface area contributed by atoms with Crippen molar-refractivity contribution in [3.8, 4) is 44.5 Å². The summed E-state index contributed by atoms with van der Waals surface area (Å²) in [5, 5.41) is 8.15. The summed E-state index contributed by atoms with van der Waals surface area (Å²) in [6.45, 7) is 18.8. The van der Waals surface area contributed by atoms with Crippen LogP contribution < -0.4 is 0 Å². The predicted molar refractivity (Wildman–Crippen MR) is 221 cm³/mol. The molecule has 1 aliphatic rings. The molecule has 248 valence electrons. The average molecular weight is 657 g/mol. The zero-order valence-electron chi connectivity index (χ0n) is 31.1. The van der Waals surface area contributed by atoms with Crippen LogP contribution in [-0.4, -0.2) is 0 Å². The molecule has 1 aliphatic carbocycles. The van der Waals surface area contributed by atoms with Crippen molar-refractivity contribution >= 4 is 32.3 Å². The number of hydrogen-bond acceptors (Lipinski definition) is 0. The highest BCUT2D eigenvalue weighted by atomic mass is 14.3. The Kier molecular flexibility index (Phi) is 7.13. The van der Waals surface area contributed by atoms with Crippen LogP contribution in [0.1, 0.15) is 55.6 Å². The molecule has 0 radical (unpaired) electrons. The van der Waals surface area contributed by atoms with Crippen molar-refractivity contribution in [1.82, 2.24) is 0 Å². The molecule has 0 fully saturated rings. The lowest BCUT2D eigenvalue weighted by atomic mass is 9.75. The maximum atomic E-state index is 2.48. The third-order valence-corrected chi connectivity index (χ3v) is 12.7. The van der Waals surface area contributed by atoms with Crippen LogP contribution in [0.2, 0.25) is 0 Å². The monoisotopic (exact) mass is 656 g/mol. The first-order chi connectivity index (χ1) is 24.7. The van der Waals surface area contributed by atoms with Crippen LogP contribution in [0.5, 0.6) is 0 Å². The van der Waals surface area contributed by atoms with Gasteiger partial charge in [-0.1, -0.05) is 97.1 Å². The van der Waals surface area contributed by atoms with Crippen molar-refractivity contribution in [3.63, 3.8) is 0 Å². The molecule has 0 saturated carbocycles. The molecule has 9 rings (SSSR count). The number of rotatable bonds is 3. The minimum absolute atomic E-state index is 0.984. The average Bonchev–Trinajstić information content (AvgIpc) is 3.55. The highest BCUT2D eigenvalue weighted by Gasteiger charge is 2.29. The molecule has 0 unspecified atom stereocenters. The summed E-state index contributed by atoms with van der Waals surface area (Å²) in [5.74, 6) is 0. The predicted octanol–water partition coefficient (Wildman–Crippen LogP) is 14.2. The zero-order valence-corrected chi connectivity index (χ0v) is 31.1. The molecule has 0 spiro atoms. The summed E-state index contributed by atoms with van der Waals surface area (Å²) in [5.41, 5.74) is 24.7. The number of fused-ring (bicyclic) bond motifs is 6. The lowest BCUT2D eigenvalue weighted by Gasteiger charge is -2.28. The quantitative estimate of drug-likeness (QED) is 0.166. The van der Waals surface area contributed by atoms with Crippen LogP contribution in [0.3, 0.4) is 0 Å². The molecule has 0 bridgehead atoms. The molecule has 8 aromatic carbocycles. The highest BCUT2D eigenvalue weighted by molar-refractivity contribution is 6.28. The molecule has 0 heteroatoms. The van der Waals surface area contributed by atoms with Crippen molar-refractivity contribution in [2.45, 2.75) is 61.8 Å². The van der Waals surface area contributed by atoms with E-state index in [1.165, 1.54) is 132 Å². The SMILES string of the molecule is Cc1c(C)c(C)c2c(-c3cc(-c4ccccc4)cc4ccccc34)c3c(C)c(C)c(C)c(C)c3c(-c3cccc4c3-c3ccccc3C4)c2c1C. The Morgan fingerprint density at radius 3 is 1.45 bits per heavy atom. The van der Waals surface area contributed by atoms with E-state index in [0.717, 1.165) is 6.42 Å². The summed E-state index contributed by atoms with van der Waals surface area (Å²) in [4.78, 5) is 0. The fraction of sp³-hybridized carbons (Fsp3) is 0.176. The van der Waals surface area contributed by atoms with Crippen LogP contribution in [0.15, 0.2) is 109 Å². The minimum atomic E-state index is 0.984. The molecule has 8 aromatic rings. The van der Waals surface area contributed by atoms with Gasteiger partial charge in [0.25, 0.3) is 0 Å². The summed E-state index contributed by atoms with van der Waals surface area (Å²) < 4.78 is 0. The lowest BCUT2D eigenvalue weighted by Crippen LogP contribution is -2.04. The van der Waals surface area contributed by atoms with Gasteiger partial charge < -0.3 is 0 Å². The molecule has 51 heavy (non-hydrogen) atoms. The summed E-state index contributed by atoms with van der Waals surface area (Å²) in [6.07, 6.45) is 0.984. The molecule has 0 heterocycles. The molecule has 0 aromatic heterocycles. The van der Waals surface area contributed by atoms with E-state index in [1.54, 1.807) is 0 Å². The Bertz CT molecular complexity index is 2690. The second kappa shape index (κ2) is 11.5. The van der Waals surface area contributed by atoms with Crippen LogP contribution >= 0.6 is 0 Å². The third-order valence-electron chi connectivity index (χ3n) is 12.7. The first kappa shape index (κ1) is 31.5. The van der Waals surface area contributed by atoms with Gasteiger partial charge in [0.15, 0.2) is 0 Å². The molecular formula is C51H44. The number of aryl methyl sites for hydroxylation is 4. The Hall–Kier alpha value is -5.46. The standard InChI is InChI=1S/C51H44/c1-28-30(3)34(7)47-45(32(28)5)50(43-24-16-21-39-25-38-20-13-15-23-42(38)49(39)43)46-33(6)29(2)31(4)35(8)48(46)51(47)44-27-40(36-17-10-9-11-18-36)26-37-19-12-14-22-41(37)44/h9-24,26-27H,25H2,1-8H3. The van der Waals surface area contributed by atoms with Crippen molar-refractivity contribution in [2.75, 3.05) is 0 Å². The van der Waals surface area contributed by atoms with E-state index in [2.05, 4.69) is 165 Å². The number of benzene rings is 8. The molecule has 0 amide bonds. The Balaban J connectivity index is 1.58. The molecule has 0 saturated heterocycles. The maximum absolute atomic E-state index is 2.48. The van der Waals surface area contributed by atoms with E-state index >= 15 is 0 Å². The van der Waals surface area contributed by atoms with Gasteiger partial charge in [-0.15, -0.1) is 0 Å². The second-order valence-corrected chi connectivity index (χ2v) is 15.0. The molecule has 0 N–H and O–H groups in total. The van der Waals surface area contributed by atoms with Gasteiger partial charge in [-0.05, 0) is 206 Å². The Labute approximate surface area is 302 Å². The highest BCUT2D eigenvalue weighted by Crippen LogP contribution is 2.54. The first-order valence-electron chi connectivity index (χ1n) is 18.4. The fourth-order valence-corrected chi connectivity index (χ4v) is 9.38. The largest absolute Gasteiger partial charge is 0.0622 e. The first-order valence-corrected chi connectivity index (χ1v) is 18.4. The van der Waals surface area contributed by atoms with Gasteiger partial charge in [0.2, 0.25) is 0 Å². The van der Waals surface area contributed by atoms with Gasteiger partial charge in [0.05, 0.1) is 0 Å². The van der Waals surface area contributed by atoms with Gasteiger partial charge in [-0.2, -0.15) is 0 Å². The van der Waals surface area contributed by atoms with Crippen molar-refractivity contribution < 1.29 is 0 Å². The second-order valence-electron chi connectivity index (χ2n) is 15.0. The molecule has 0 atom stereocenters. The molecule has 0 nitrogen and oxygen atoms in total. The maximum Gasteiger partial charge on any atom is -0.00132 e. The lowest BCUT2D eigenvalue weighted by molar-refractivity contribution is 1.24. The minimum Gasteiger partial charge on any atom is -0.0622 e. The van der Waals surface area contributed by atoms with Crippen molar-refractivity contribution in [1.29, 1.82) is 0 Å². The van der Waals surface area contributed by atoms with E-state index in [9.17, 15) is 0 Å². The van der Waals surface area contributed by atoms with Gasteiger partial charge in [0, 0.05) is 0 Å². The summed E-state index contributed by atoms with van der Waals surface area (Å²) in [7, 11) is 0. The van der Waals surface area contributed by atoms with E-state index in [0.29, 0.717) is 0 Å². The topological polar surface area (TPSA) is 0 Å². The fourth-order valence-electron chi connectivity index (χ4n) is 9.38. The van der Waals surface area contributed by atoms with Gasteiger partial charge in [-0.25, -0.2) is 0 Å². The molecular weight excluding hydrogens is 613 g/mol. The van der Waals surface area contributed by atoms with Crippen molar-refractivity contribution in [3.05, 3.63) is 165 Å². The summed E-state index contributed by atoms with van der Waals surface area (Å²) >= 11 is 0. The Morgan fingerprint density at radius 1 is 0.333 bits per heavy atom. The number of hydrogen-bond donors (Lipinski definition) is 0. The van der Waals surface area contributed by atoms with Gasteiger partial charge >= 0.3 is 0 Å². The van der Waals surface area contributed by atoms with E-state index < -0.39 is 0 Å². The normalized spacial score (nSPS) is 12.2. The molecule has 0 aliphatic heterocycles. The van der Waals surface area contributed by atoms with E-state index in [1.807, 2.05) is 0 Å². The van der Waals surface area contributed by atoms with Crippen LogP contribution in [0, 0.1) is 55.4 Å². The summed E-state index contributed by atoms with van der Waals surface area (Å²) in [6, 6.07) is 40.9. The zero-order chi connectivity index (χ0) is 35.3.